The molecule has 1 aliphatic rings. The van der Waals surface area contributed by atoms with Gasteiger partial charge in [0.05, 0.1) is 0 Å². The lowest BCUT2D eigenvalue weighted by atomic mass is 10.1. The van der Waals surface area contributed by atoms with Gasteiger partial charge in [-0.15, -0.1) is 34.4 Å². The first-order chi connectivity index (χ1) is 8.27. The highest BCUT2D eigenvalue weighted by Crippen LogP contribution is 2.50. The van der Waals surface area contributed by atoms with Gasteiger partial charge in [0.2, 0.25) is 11.6 Å². The Kier molecular flexibility index (Phi) is 2.90. The summed E-state index contributed by atoms with van der Waals surface area (Å²) in [7, 11) is 0. The molecule has 0 amide bonds. The van der Waals surface area contributed by atoms with Crippen LogP contribution in [0, 0.1) is 0 Å². The summed E-state index contributed by atoms with van der Waals surface area (Å²) in [6.07, 6.45) is 0. The Morgan fingerprint density at radius 3 is 1.65 bits per heavy atom. The molecule has 0 aliphatic carbocycles. The highest BCUT2D eigenvalue weighted by Gasteiger charge is 2.44. The summed E-state index contributed by atoms with van der Waals surface area (Å²) in [5.41, 5.74) is 0. The largest absolute Gasteiger partial charge is 0.289 e. The monoisotopic (exact) mass is 280 g/mol. The minimum absolute atomic E-state index is 0.254. The Morgan fingerprint density at radius 2 is 1.29 bits per heavy atom. The van der Waals surface area contributed by atoms with Crippen LogP contribution in [-0.2, 0) is 9.59 Å². The van der Waals surface area contributed by atoms with E-state index in [1.54, 1.807) is 0 Å². The van der Waals surface area contributed by atoms with Crippen LogP contribution in [0.15, 0.2) is 35.0 Å². The van der Waals surface area contributed by atoms with E-state index in [-0.39, 0.29) is 22.1 Å². The average Bonchev–Trinajstić information content (AvgIpc) is 3.02. The zero-order valence-electron chi connectivity index (χ0n) is 8.66. The van der Waals surface area contributed by atoms with E-state index in [9.17, 15) is 9.59 Å². The molecule has 86 valence electrons. The molecule has 0 aromatic carbocycles. The predicted molar refractivity (Wildman–Crippen MR) is 71.7 cm³/mol. The summed E-state index contributed by atoms with van der Waals surface area (Å²) in [4.78, 5) is 25.9. The molecule has 1 aliphatic heterocycles. The lowest BCUT2D eigenvalue weighted by Crippen LogP contribution is -2.13. The maximum Gasteiger partial charge on any atom is 0.218 e. The van der Waals surface area contributed by atoms with Crippen LogP contribution >= 0.6 is 34.4 Å². The second-order valence-electron chi connectivity index (χ2n) is 3.66. The van der Waals surface area contributed by atoms with Crippen LogP contribution in [0.4, 0.5) is 0 Å². The van der Waals surface area contributed by atoms with E-state index in [1.807, 2.05) is 35.0 Å². The topological polar surface area (TPSA) is 34.1 Å². The molecule has 2 aromatic heterocycles. The van der Waals surface area contributed by atoms with Crippen molar-refractivity contribution in [1.82, 2.24) is 0 Å². The van der Waals surface area contributed by atoms with E-state index >= 15 is 0 Å². The highest BCUT2D eigenvalue weighted by molar-refractivity contribution is 8.02. The zero-order valence-corrected chi connectivity index (χ0v) is 11.1. The number of thiophene rings is 2. The van der Waals surface area contributed by atoms with E-state index in [4.69, 9.17) is 0 Å². The molecule has 0 radical (unpaired) electrons. The summed E-state index contributed by atoms with van der Waals surface area (Å²) < 4.78 is 0. The highest BCUT2D eigenvalue weighted by atomic mass is 32.2. The first-order valence-electron chi connectivity index (χ1n) is 5.07. The van der Waals surface area contributed by atoms with Crippen molar-refractivity contribution in [3.8, 4) is 0 Å². The van der Waals surface area contributed by atoms with Gasteiger partial charge in [0.15, 0.2) is 0 Å². The summed E-state index contributed by atoms with van der Waals surface area (Å²) in [5.74, 6) is -0.508. The number of thioether (sulfide) groups is 1. The molecule has 2 atom stereocenters. The lowest BCUT2D eigenvalue weighted by Gasteiger charge is -2.04. The van der Waals surface area contributed by atoms with Gasteiger partial charge in [0, 0.05) is 9.75 Å². The van der Waals surface area contributed by atoms with Crippen LogP contribution in [0.2, 0.25) is 0 Å². The van der Waals surface area contributed by atoms with Crippen molar-refractivity contribution in [1.29, 1.82) is 0 Å². The van der Waals surface area contributed by atoms with Crippen LogP contribution in [0.3, 0.4) is 0 Å². The average molecular weight is 280 g/mol. The van der Waals surface area contributed by atoms with Crippen LogP contribution in [-0.4, -0.2) is 11.6 Å². The van der Waals surface area contributed by atoms with Crippen LogP contribution < -0.4 is 0 Å². The summed E-state index contributed by atoms with van der Waals surface area (Å²) in [6.45, 7) is 0. The molecule has 17 heavy (non-hydrogen) atoms. The number of Topliss-reactive ketones (excluding diaryl/α,β-unsaturated/α-hetero) is 2. The van der Waals surface area contributed by atoms with Crippen LogP contribution in [0.5, 0.6) is 0 Å². The minimum Gasteiger partial charge on any atom is -0.289 e. The third-order valence-electron chi connectivity index (χ3n) is 2.59. The van der Waals surface area contributed by atoms with Crippen molar-refractivity contribution in [3.05, 3.63) is 44.8 Å². The molecule has 3 rings (SSSR count). The van der Waals surface area contributed by atoms with Crippen molar-refractivity contribution in [2.75, 3.05) is 0 Å². The number of carbonyl (C=O) groups is 2. The third-order valence-corrected chi connectivity index (χ3v) is 6.25. The number of carbonyl (C=O) groups excluding carboxylic acids is 2. The smallest absolute Gasteiger partial charge is 0.218 e. The quantitative estimate of drug-likeness (QED) is 0.790. The maximum absolute atomic E-state index is 12.0. The molecule has 1 fully saturated rings. The summed E-state index contributed by atoms with van der Waals surface area (Å²) in [5, 5.41) is 3.28. The maximum atomic E-state index is 12.0. The van der Waals surface area contributed by atoms with Gasteiger partial charge >= 0.3 is 0 Å². The van der Waals surface area contributed by atoms with Crippen LogP contribution in [0.1, 0.15) is 20.3 Å². The van der Waals surface area contributed by atoms with Gasteiger partial charge in [0.25, 0.3) is 0 Å². The zero-order chi connectivity index (χ0) is 11.8. The third kappa shape index (κ3) is 1.88. The fourth-order valence-electron chi connectivity index (χ4n) is 1.79. The Hall–Kier alpha value is -0.910. The molecule has 0 unspecified atom stereocenters. The normalized spacial score (nSPS) is 24.5. The molecule has 3 heterocycles. The molecular weight excluding hydrogens is 272 g/mol. The van der Waals surface area contributed by atoms with Gasteiger partial charge in [-0.05, 0) is 22.9 Å². The molecule has 2 aromatic rings. The van der Waals surface area contributed by atoms with E-state index < -0.39 is 0 Å². The van der Waals surface area contributed by atoms with Gasteiger partial charge in [-0.2, -0.15) is 0 Å². The SMILES string of the molecule is O=C1C(=O)[C@H](c2cccs2)S[C@H]1c1cccs1. The second-order valence-corrected chi connectivity index (χ2v) is 6.83. The fourth-order valence-corrected chi connectivity index (χ4v) is 5.04. The predicted octanol–water partition coefficient (Wildman–Crippen LogP) is 3.48. The van der Waals surface area contributed by atoms with Gasteiger partial charge < -0.3 is 0 Å². The van der Waals surface area contributed by atoms with E-state index in [2.05, 4.69) is 0 Å². The van der Waals surface area contributed by atoms with E-state index in [0.717, 1.165) is 9.75 Å². The molecule has 5 heteroatoms. The first-order valence-corrected chi connectivity index (χ1v) is 7.78. The van der Waals surface area contributed by atoms with Crippen molar-refractivity contribution in [3.63, 3.8) is 0 Å². The van der Waals surface area contributed by atoms with Gasteiger partial charge in [-0.3, -0.25) is 9.59 Å². The Labute approximate surface area is 111 Å². The Morgan fingerprint density at radius 1 is 0.824 bits per heavy atom. The lowest BCUT2D eigenvalue weighted by molar-refractivity contribution is -0.135. The van der Waals surface area contributed by atoms with Crippen molar-refractivity contribution >= 4 is 46.0 Å². The Balaban J connectivity index is 1.93. The Bertz CT molecular complexity index is 492. The van der Waals surface area contributed by atoms with Crippen molar-refractivity contribution in [2.45, 2.75) is 10.5 Å². The van der Waals surface area contributed by atoms with Crippen LogP contribution in [0.25, 0.3) is 0 Å². The first kappa shape index (κ1) is 11.2. The minimum atomic E-state index is -0.297. The number of hydrogen-bond donors (Lipinski definition) is 0. The van der Waals surface area contributed by atoms with E-state index in [1.165, 1.54) is 34.4 Å². The number of ketones is 2. The van der Waals surface area contributed by atoms with Gasteiger partial charge in [0.1, 0.15) is 10.5 Å². The molecule has 2 nitrogen and oxygen atoms in total. The van der Waals surface area contributed by atoms with E-state index in [0.29, 0.717) is 0 Å². The molecule has 0 N–H and O–H groups in total. The van der Waals surface area contributed by atoms with Crippen molar-refractivity contribution in [2.24, 2.45) is 0 Å². The number of rotatable bonds is 2. The molecular formula is C12H8O2S3. The van der Waals surface area contributed by atoms with Gasteiger partial charge in [-0.1, -0.05) is 12.1 Å². The number of hydrogen-bond acceptors (Lipinski definition) is 5. The van der Waals surface area contributed by atoms with Gasteiger partial charge in [-0.25, -0.2) is 0 Å². The van der Waals surface area contributed by atoms with Crippen molar-refractivity contribution < 1.29 is 9.59 Å². The fraction of sp³-hybridized carbons (Fsp3) is 0.167. The molecule has 0 spiro atoms. The molecule has 0 saturated carbocycles. The standard InChI is InChI=1S/C12H8O2S3/c13-9-10(14)12(8-4-2-6-16-8)17-11(9)7-3-1-5-15-7/h1-6,11-12H/t11-,12-/m0/s1. The summed E-state index contributed by atoms with van der Waals surface area (Å²) in [6, 6.07) is 7.67. The second kappa shape index (κ2) is 4.40. The summed E-state index contributed by atoms with van der Waals surface area (Å²) >= 11 is 4.53. The molecule has 0 bridgehead atoms. The molecule has 1 saturated heterocycles.